The third-order valence-corrected chi connectivity index (χ3v) is 5.45. The van der Waals surface area contributed by atoms with Gasteiger partial charge in [-0.25, -0.2) is 0 Å². The van der Waals surface area contributed by atoms with Crippen LogP contribution in [-0.4, -0.2) is 40.5 Å². The summed E-state index contributed by atoms with van der Waals surface area (Å²) in [6.07, 6.45) is 2.70. The lowest BCUT2D eigenvalue weighted by Crippen LogP contribution is -2.53. The van der Waals surface area contributed by atoms with E-state index in [9.17, 15) is 14.7 Å². The molecule has 1 aliphatic heterocycles. The van der Waals surface area contributed by atoms with Gasteiger partial charge in [-0.15, -0.1) is 0 Å². The summed E-state index contributed by atoms with van der Waals surface area (Å²) in [6, 6.07) is 5.48. The molecule has 0 spiro atoms. The van der Waals surface area contributed by atoms with Crippen LogP contribution in [0.1, 0.15) is 55.3 Å². The summed E-state index contributed by atoms with van der Waals surface area (Å²) in [5.41, 5.74) is 3.58. The maximum Gasteiger partial charge on any atom is 0.248 e. The van der Waals surface area contributed by atoms with Crippen LogP contribution in [0, 0.1) is 19.8 Å². The quantitative estimate of drug-likeness (QED) is 0.861. The first-order valence-corrected chi connectivity index (χ1v) is 9.24. The Morgan fingerprint density at radius 1 is 1.20 bits per heavy atom. The minimum atomic E-state index is -0.906. The number of hydrogen-bond donors (Lipinski definition) is 2. The van der Waals surface area contributed by atoms with Gasteiger partial charge in [0.2, 0.25) is 11.8 Å². The highest BCUT2D eigenvalue weighted by Crippen LogP contribution is 2.34. The van der Waals surface area contributed by atoms with E-state index in [1.807, 2.05) is 4.90 Å². The molecular formula is C20H28N2O3. The van der Waals surface area contributed by atoms with E-state index in [-0.39, 0.29) is 23.8 Å². The van der Waals surface area contributed by atoms with E-state index in [0.717, 1.165) is 31.2 Å². The number of benzene rings is 1. The van der Waals surface area contributed by atoms with Crippen molar-refractivity contribution in [1.29, 1.82) is 0 Å². The summed E-state index contributed by atoms with van der Waals surface area (Å²) in [7, 11) is 0. The van der Waals surface area contributed by atoms with Gasteiger partial charge in [0.1, 0.15) is 6.04 Å². The van der Waals surface area contributed by atoms with Crippen LogP contribution in [0.3, 0.4) is 0 Å². The molecule has 1 heterocycles. The van der Waals surface area contributed by atoms with Gasteiger partial charge in [0.15, 0.2) is 0 Å². The number of likely N-dealkylation sites (tertiary alicyclic amines) is 1. The molecule has 1 aromatic rings. The van der Waals surface area contributed by atoms with Gasteiger partial charge in [0.05, 0.1) is 12.1 Å². The Kier molecular flexibility index (Phi) is 5.13. The molecule has 25 heavy (non-hydrogen) atoms. The summed E-state index contributed by atoms with van der Waals surface area (Å²) in [5.74, 6) is -0.269. The van der Waals surface area contributed by atoms with Gasteiger partial charge in [-0.1, -0.05) is 18.2 Å². The van der Waals surface area contributed by atoms with Crippen LogP contribution in [-0.2, 0) is 9.59 Å². The molecule has 5 heteroatoms. The Balaban J connectivity index is 1.77. The average Bonchev–Trinajstić information content (AvgIpc) is 3.31. The molecule has 1 aliphatic carbocycles. The lowest BCUT2D eigenvalue weighted by Gasteiger charge is -2.31. The third kappa shape index (κ3) is 3.87. The van der Waals surface area contributed by atoms with E-state index in [1.165, 1.54) is 11.1 Å². The fraction of sp³-hybridized carbons (Fsp3) is 0.600. The maximum atomic E-state index is 13.1. The molecule has 3 atom stereocenters. The van der Waals surface area contributed by atoms with Crippen LogP contribution in [0.4, 0.5) is 0 Å². The van der Waals surface area contributed by atoms with Gasteiger partial charge >= 0.3 is 0 Å². The summed E-state index contributed by atoms with van der Waals surface area (Å²) < 4.78 is 0. The molecular weight excluding hydrogens is 316 g/mol. The van der Waals surface area contributed by atoms with Gasteiger partial charge in [0, 0.05) is 12.5 Å². The van der Waals surface area contributed by atoms with Gasteiger partial charge < -0.3 is 15.3 Å². The Morgan fingerprint density at radius 2 is 1.92 bits per heavy atom. The molecule has 0 radical (unpaired) electrons. The predicted octanol–water partition coefficient (Wildman–Crippen LogP) is 2.24. The van der Waals surface area contributed by atoms with Crippen molar-refractivity contribution in [3.63, 3.8) is 0 Å². The van der Waals surface area contributed by atoms with Crippen LogP contribution >= 0.6 is 0 Å². The third-order valence-electron chi connectivity index (χ3n) is 5.45. The lowest BCUT2D eigenvalue weighted by molar-refractivity contribution is -0.140. The molecule has 2 fully saturated rings. The lowest BCUT2D eigenvalue weighted by atomic mass is 9.99. The normalized spacial score (nSPS) is 22.6. The summed E-state index contributed by atoms with van der Waals surface area (Å²) >= 11 is 0. The largest absolute Gasteiger partial charge is 0.391 e. The molecule has 0 bridgehead atoms. The molecule has 1 saturated carbocycles. The summed E-state index contributed by atoms with van der Waals surface area (Å²) in [4.78, 5) is 27.0. The topological polar surface area (TPSA) is 69.6 Å². The first kappa shape index (κ1) is 17.9. The number of carbonyl (C=O) groups excluding carboxylic acids is 2. The van der Waals surface area contributed by atoms with Crippen LogP contribution in [0.2, 0.25) is 0 Å². The zero-order valence-corrected chi connectivity index (χ0v) is 15.3. The first-order chi connectivity index (χ1) is 11.9. The molecule has 5 nitrogen and oxygen atoms in total. The first-order valence-electron chi connectivity index (χ1n) is 9.24. The molecule has 1 aromatic carbocycles. The molecule has 0 aromatic heterocycles. The van der Waals surface area contributed by atoms with Crippen molar-refractivity contribution in [1.82, 2.24) is 10.2 Å². The summed E-state index contributed by atoms with van der Waals surface area (Å²) in [5, 5.41) is 12.8. The fourth-order valence-corrected chi connectivity index (χ4v) is 3.53. The number of aliphatic hydroxyl groups is 1. The van der Waals surface area contributed by atoms with E-state index < -0.39 is 12.1 Å². The van der Waals surface area contributed by atoms with E-state index in [2.05, 4.69) is 37.4 Å². The number of rotatable bonds is 5. The smallest absolute Gasteiger partial charge is 0.248 e. The Bertz CT molecular complexity index is 667. The van der Waals surface area contributed by atoms with Crippen molar-refractivity contribution in [2.75, 3.05) is 6.54 Å². The Morgan fingerprint density at radius 3 is 2.52 bits per heavy atom. The molecule has 1 saturated heterocycles. The van der Waals surface area contributed by atoms with Crippen molar-refractivity contribution < 1.29 is 14.7 Å². The highest BCUT2D eigenvalue weighted by atomic mass is 16.3. The average molecular weight is 344 g/mol. The second-order valence-corrected chi connectivity index (χ2v) is 7.53. The zero-order chi connectivity index (χ0) is 18.1. The van der Waals surface area contributed by atoms with Crippen LogP contribution in [0.5, 0.6) is 0 Å². The Labute approximate surface area is 149 Å². The standard InChI is InChI=1S/C20H28N2O3/c1-12-6-7-16(11-13(12)2)17-5-4-10-22(17)20(25)18(14(3)23)21-19(24)15-8-9-15/h6-7,11,14-15,17-18,23H,4-5,8-10H2,1-3H3,(H,21,24). The van der Waals surface area contributed by atoms with Crippen molar-refractivity contribution in [2.45, 2.75) is 64.6 Å². The van der Waals surface area contributed by atoms with Crippen LogP contribution in [0.25, 0.3) is 0 Å². The number of nitrogens with zero attached hydrogens (tertiary/aromatic N) is 1. The number of carbonyl (C=O) groups is 2. The fourth-order valence-electron chi connectivity index (χ4n) is 3.53. The second-order valence-electron chi connectivity index (χ2n) is 7.53. The van der Waals surface area contributed by atoms with Crippen molar-refractivity contribution in [2.24, 2.45) is 5.92 Å². The summed E-state index contributed by atoms with van der Waals surface area (Å²) in [6.45, 7) is 6.39. The number of hydrogen-bond acceptors (Lipinski definition) is 3. The van der Waals surface area contributed by atoms with E-state index >= 15 is 0 Å². The number of aliphatic hydroxyl groups excluding tert-OH is 1. The monoisotopic (exact) mass is 344 g/mol. The van der Waals surface area contributed by atoms with E-state index in [0.29, 0.717) is 6.54 Å². The molecule has 2 aliphatic rings. The van der Waals surface area contributed by atoms with Gasteiger partial charge in [-0.05, 0) is 63.1 Å². The minimum Gasteiger partial charge on any atom is -0.391 e. The zero-order valence-electron chi connectivity index (χ0n) is 15.3. The number of amides is 2. The van der Waals surface area contributed by atoms with E-state index in [4.69, 9.17) is 0 Å². The SMILES string of the molecule is Cc1ccc(C2CCCN2C(=O)C(NC(=O)C2CC2)C(C)O)cc1C. The molecule has 3 rings (SSSR count). The highest BCUT2D eigenvalue weighted by molar-refractivity contribution is 5.90. The predicted molar refractivity (Wildman–Crippen MR) is 95.9 cm³/mol. The van der Waals surface area contributed by atoms with Crippen molar-refractivity contribution in [3.8, 4) is 0 Å². The van der Waals surface area contributed by atoms with Gasteiger partial charge in [0.25, 0.3) is 0 Å². The molecule has 2 amide bonds. The Hall–Kier alpha value is -1.88. The van der Waals surface area contributed by atoms with Crippen LogP contribution in [0.15, 0.2) is 18.2 Å². The molecule has 2 N–H and O–H groups in total. The van der Waals surface area contributed by atoms with Crippen LogP contribution < -0.4 is 5.32 Å². The van der Waals surface area contributed by atoms with Gasteiger partial charge in [-0.2, -0.15) is 0 Å². The number of nitrogens with one attached hydrogen (secondary N) is 1. The number of aryl methyl sites for hydroxylation is 2. The van der Waals surface area contributed by atoms with Gasteiger partial charge in [-0.3, -0.25) is 9.59 Å². The van der Waals surface area contributed by atoms with E-state index in [1.54, 1.807) is 6.92 Å². The molecule has 136 valence electrons. The van der Waals surface area contributed by atoms with Crippen molar-refractivity contribution in [3.05, 3.63) is 34.9 Å². The minimum absolute atomic E-state index is 0.0168. The maximum absolute atomic E-state index is 13.1. The highest BCUT2D eigenvalue weighted by Gasteiger charge is 2.39. The second kappa shape index (κ2) is 7.16. The molecule has 3 unspecified atom stereocenters. The van der Waals surface area contributed by atoms with Crippen molar-refractivity contribution >= 4 is 11.8 Å².